The van der Waals surface area contributed by atoms with Crippen LogP contribution in [0.5, 0.6) is 0 Å². The summed E-state index contributed by atoms with van der Waals surface area (Å²) in [5.41, 5.74) is 0.996. The number of benzene rings is 1. The SMILES string of the molecule is CN=C(NCCc1cccc(F)c1)NCC1CCN(C)C1. The average molecular weight is 292 g/mol. The van der Waals surface area contributed by atoms with Gasteiger partial charge < -0.3 is 15.5 Å². The van der Waals surface area contributed by atoms with Crippen LogP contribution in [0.3, 0.4) is 0 Å². The molecule has 1 heterocycles. The maximum atomic E-state index is 13.1. The summed E-state index contributed by atoms with van der Waals surface area (Å²) in [5.74, 6) is 1.33. The van der Waals surface area contributed by atoms with Crippen molar-refractivity contribution in [3.05, 3.63) is 35.6 Å². The van der Waals surface area contributed by atoms with Gasteiger partial charge in [-0.05, 0) is 50.0 Å². The molecule has 1 saturated heterocycles. The lowest BCUT2D eigenvalue weighted by atomic mass is 10.1. The van der Waals surface area contributed by atoms with Crippen molar-refractivity contribution in [2.45, 2.75) is 12.8 Å². The van der Waals surface area contributed by atoms with Crippen molar-refractivity contribution in [2.24, 2.45) is 10.9 Å². The molecule has 0 aliphatic carbocycles. The zero-order valence-corrected chi connectivity index (χ0v) is 12.9. The number of halogens is 1. The van der Waals surface area contributed by atoms with Crippen LogP contribution in [-0.4, -0.2) is 51.1 Å². The third kappa shape index (κ3) is 5.34. The quantitative estimate of drug-likeness (QED) is 0.638. The van der Waals surface area contributed by atoms with Crippen LogP contribution in [0, 0.1) is 11.7 Å². The first kappa shape index (κ1) is 15.8. The van der Waals surface area contributed by atoms with E-state index < -0.39 is 0 Å². The fraction of sp³-hybridized carbons (Fsp3) is 0.562. The number of guanidine groups is 1. The highest BCUT2D eigenvalue weighted by Crippen LogP contribution is 2.12. The maximum absolute atomic E-state index is 13.1. The zero-order valence-electron chi connectivity index (χ0n) is 12.9. The Bertz CT molecular complexity index is 475. The van der Waals surface area contributed by atoms with Crippen LogP contribution >= 0.6 is 0 Å². The number of nitrogens with zero attached hydrogens (tertiary/aromatic N) is 2. The Kier molecular flexibility index (Phi) is 5.99. The molecule has 1 atom stereocenters. The molecule has 116 valence electrons. The summed E-state index contributed by atoms with van der Waals surface area (Å²) >= 11 is 0. The highest BCUT2D eigenvalue weighted by Gasteiger charge is 2.19. The Labute approximate surface area is 126 Å². The molecule has 0 aromatic heterocycles. The van der Waals surface area contributed by atoms with Crippen LogP contribution in [-0.2, 0) is 6.42 Å². The second-order valence-electron chi connectivity index (χ2n) is 5.68. The molecular formula is C16H25FN4. The summed E-state index contributed by atoms with van der Waals surface area (Å²) in [6, 6.07) is 6.73. The molecule has 0 bridgehead atoms. The molecule has 1 unspecified atom stereocenters. The standard InChI is InChI=1S/C16H25FN4/c1-18-16(20-11-14-7-9-21(2)12-14)19-8-6-13-4-3-5-15(17)10-13/h3-5,10,14H,6-9,11-12H2,1-2H3,(H2,18,19,20). The summed E-state index contributed by atoms with van der Waals surface area (Å²) in [7, 11) is 3.93. The van der Waals surface area contributed by atoms with Gasteiger partial charge in [0.15, 0.2) is 5.96 Å². The molecule has 1 aliphatic rings. The van der Waals surface area contributed by atoms with Gasteiger partial charge >= 0.3 is 0 Å². The Morgan fingerprint density at radius 2 is 2.29 bits per heavy atom. The molecule has 0 spiro atoms. The Balaban J connectivity index is 1.68. The van der Waals surface area contributed by atoms with Crippen molar-refractivity contribution in [1.82, 2.24) is 15.5 Å². The predicted octanol–water partition coefficient (Wildman–Crippen LogP) is 1.48. The molecule has 0 radical (unpaired) electrons. The van der Waals surface area contributed by atoms with Crippen molar-refractivity contribution < 1.29 is 4.39 Å². The van der Waals surface area contributed by atoms with Gasteiger partial charge in [0.05, 0.1) is 0 Å². The second-order valence-corrected chi connectivity index (χ2v) is 5.68. The van der Waals surface area contributed by atoms with Crippen molar-refractivity contribution in [1.29, 1.82) is 0 Å². The molecule has 4 nitrogen and oxygen atoms in total. The molecule has 1 fully saturated rings. The molecule has 2 rings (SSSR count). The van der Waals surface area contributed by atoms with Gasteiger partial charge in [0.1, 0.15) is 5.82 Å². The minimum absolute atomic E-state index is 0.180. The highest BCUT2D eigenvalue weighted by atomic mass is 19.1. The number of hydrogen-bond donors (Lipinski definition) is 2. The van der Waals surface area contributed by atoms with Crippen molar-refractivity contribution in [2.75, 3.05) is 40.3 Å². The summed E-state index contributed by atoms with van der Waals surface area (Å²) in [5, 5.41) is 6.64. The Morgan fingerprint density at radius 1 is 1.43 bits per heavy atom. The first-order valence-corrected chi connectivity index (χ1v) is 7.55. The molecule has 21 heavy (non-hydrogen) atoms. The van der Waals surface area contributed by atoms with E-state index in [0.717, 1.165) is 37.6 Å². The molecule has 5 heteroatoms. The number of rotatable bonds is 5. The predicted molar refractivity (Wildman–Crippen MR) is 85.1 cm³/mol. The summed E-state index contributed by atoms with van der Waals surface area (Å²) < 4.78 is 13.1. The lowest BCUT2D eigenvalue weighted by Crippen LogP contribution is -2.41. The van der Waals surface area contributed by atoms with Crippen LogP contribution in [0.25, 0.3) is 0 Å². The lowest BCUT2D eigenvalue weighted by molar-refractivity contribution is 0.394. The van der Waals surface area contributed by atoms with Crippen LogP contribution in [0.4, 0.5) is 4.39 Å². The number of likely N-dealkylation sites (tertiary alicyclic amines) is 1. The van der Waals surface area contributed by atoms with E-state index >= 15 is 0 Å². The molecule has 0 saturated carbocycles. The van der Waals surface area contributed by atoms with Gasteiger partial charge in [0.25, 0.3) is 0 Å². The molecule has 1 aromatic rings. The lowest BCUT2D eigenvalue weighted by Gasteiger charge is -2.15. The molecule has 1 aliphatic heterocycles. The van der Waals surface area contributed by atoms with E-state index in [-0.39, 0.29) is 5.82 Å². The minimum Gasteiger partial charge on any atom is -0.356 e. The first-order chi connectivity index (χ1) is 10.2. The van der Waals surface area contributed by atoms with Gasteiger partial charge in [-0.2, -0.15) is 0 Å². The smallest absolute Gasteiger partial charge is 0.190 e. The fourth-order valence-corrected chi connectivity index (χ4v) is 2.67. The van der Waals surface area contributed by atoms with Gasteiger partial charge in [-0.1, -0.05) is 12.1 Å². The summed E-state index contributed by atoms with van der Waals surface area (Å²) in [6.07, 6.45) is 2.02. The number of nitrogens with one attached hydrogen (secondary N) is 2. The molecule has 0 amide bonds. The van der Waals surface area contributed by atoms with Gasteiger partial charge in [0.2, 0.25) is 0 Å². The van der Waals surface area contributed by atoms with Crippen LogP contribution < -0.4 is 10.6 Å². The minimum atomic E-state index is -0.180. The third-order valence-electron chi connectivity index (χ3n) is 3.87. The molecule has 2 N–H and O–H groups in total. The van der Waals surface area contributed by atoms with E-state index in [9.17, 15) is 4.39 Å². The van der Waals surface area contributed by atoms with Crippen LogP contribution in [0.2, 0.25) is 0 Å². The van der Waals surface area contributed by atoms with Crippen molar-refractivity contribution >= 4 is 5.96 Å². The third-order valence-corrected chi connectivity index (χ3v) is 3.87. The first-order valence-electron chi connectivity index (χ1n) is 7.55. The number of hydrogen-bond acceptors (Lipinski definition) is 2. The van der Waals surface area contributed by atoms with Crippen molar-refractivity contribution in [3.63, 3.8) is 0 Å². The largest absolute Gasteiger partial charge is 0.356 e. The highest BCUT2D eigenvalue weighted by molar-refractivity contribution is 5.79. The van der Waals surface area contributed by atoms with E-state index in [1.807, 2.05) is 6.07 Å². The van der Waals surface area contributed by atoms with Gasteiger partial charge in [-0.15, -0.1) is 0 Å². The van der Waals surface area contributed by atoms with E-state index in [1.54, 1.807) is 19.2 Å². The molecular weight excluding hydrogens is 267 g/mol. The normalized spacial score (nSPS) is 19.8. The summed E-state index contributed by atoms with van der Waals surface area (Å²) in [6.45, 7) is 4.02. The fourth-order valence-electron chi connectivity index (χ4n) is 2.67. The van der Waals surface area contributed by atoms with Gasteiger partial charge in [0, 0.05) is 26.7 Å². The van der Waals surface area contributed by atoms with Crippen LogP contribution in [0.15, 0.2) is 29.3 Å². The monoisotopic (exact) mass is 292 g/mol. The van der Waals surface area contributed by atoms with E-state index in [0.29, 0.717) is 5.92 Å². The second kappa shape index (κ2) is 7.98. The van der Waals surface area contributed by atoms with Gasteiger partial charge in [-0.3, -0.25) is 4.99 Å². The Hall–Kier alpha value is -1.62. The van der Waals surface area contributed by atoms with Crippen LogP contribution in [0.1, 0.15) is 12.0 Å². The molecule has 1 aromatic carbocycles. The maximum Gasteiger partial charge on any atom is 0.190 e. The van der Waals surface area contributed by atoms with E-state index in [1.165, 1.54) is 19.0 Å². The van der Waals surface area contributed by atoms with E-state index in [4.69, 9.17) is 0 Å². The van der Waals surface area contributed by atoms with Gasteiger partial charge in [-0.25, -0.2) is 4.39 Å². The van der Waals surface area contributed by atoms with Crippen molar-refractivity contribution in [3.8, 4) is 0 Å². The zero-order chi connectivity index (χ0) is 15.1. The van der Waals surface area contributed by atoms with E-state index in [2.05, 4.69) is 27.6 Å². The average Bonchev–Trinajstić information content (AvgIpc) is 2.88. The topological polar surface area (TPSA) is 39.7 Å². The summed E-state index contributed by atoms with van der Waals surface area (Å²) in [4.78, 5) is 6.58. The number of aliphatic imine (C=N–C) groups is 1. The Morgan fingerprint density at radius 3 is 2.95 bits per heavy atom.